The first-order valence-corrected chi connectivity index (χ1v) is 6.32. The van der Waals surface area contributed by atoms with Gasteiger partial charge in [0.2, 0.25) is 0 Å². The summed E-state index contributed by atoms with van der Waals surface area (Å²) in [5.74, 6) is 1.77. The maximum atomic E-state index is 4.05. The first-order valence-electron chi connectivity index (χ1n) is 6.32. The Hall–Kier alpha value is -0.890. The van der Waals surface area contributed by atoms with Crippen LogP contribution in [0.5, 0.6) is 0 Å². The van der Waals surface area contributed by atoms with Crippen molar-refractivity contribution in [3.63, 3.8) is 0 Å². The van der Waals surface area contributed by atoms with Crippen molar-refractivity contribution < 1.29 is 0 Å². The Labute approximate surface area is 98.5 Å². The van der Waals surface area contributed by atoms with Crippen molar-refractivity contribution in [1.29, 1.82) is 0 Å². The second kappa shape index (κ2) is 4.96. The third-order valence-corrected chi connectivity index (χ3v) is 3.81. The van der Waals surface area contributed by atoms with Crippen LogP contribution in [0.2, 0.25) is 0 Å². The van der Waals surface area contributed by atoms with Gasteiger partial charge in [0, 0.05) is 24.5 Å². The highest BCUT2D eigenvalue weighted by Gasteiger charge is 2.31. The van der Waals surface area contributed by atoms with Crippen LogP contribution in [0.1, 0.15) is 45.2 Å². The molecule has 0 aliphatic heterocycles. The third kappa shape index (κ3) is 2.62. The predicted octanol–water partition coefficient (Wildman–Crippen LogP) is 3.17. The van der Waals surface area contributed by atoms with Crippen molar-refractivity contribution in [1.82, 2.24) is 10.3 Å². The molecule has 2 heteroatoms. The van der Waals surface area contributed by atoms with Gasteiger partial charge in [0.05, 0.1) is 0 Å². The molecule has 2 rings (SSSR count). The Balaban J connectivity index is 1.80. The number of nitrogens with one attached hydrogen (secondary N) is 1. The van der Waals surface area contributed by atoms with Gasteiger partial charge < -0.3 is 5.32 Å². The molecule has 1 heterocycles. The lowest BCUT2D eigenvalue weighted by molar-refractivity contribution is 0.159. The van der Waals surface area contributed by atoms with E-state index in [1.54, 1.807) is 0 Å². The molecular formula is C14H22N2. The van der Waals surface area contributed by atoms with E-state index in [1.807, 2.05) is 12.4 Å². The van der Waals surface area contributed by atoms with Crippen molar-refractivity contribution >= 4 is 0 Å². The molecule has 1 aliphatic rings. The van der Waals surface area contributed by atoms with Crippen LogP contribution in [-0.2, 0) is 0 Å². The summed E-state index contributed by atoms with van der Waals surface area (Å²) in [5.41, 5.74) is 1.34. The van der Waals surface area contributed by atoms with Crippen molar-refractivity contribution in [3.05, 3.63) is 30.1 Å². The maximum Gasteiger partial charge on any atom is 0.0295 e. The third-order valence-electron chi connectivity index (χ3n) is 3.81. The van der Waals surface area contributed by atoms with E-state index in [1.165, 1.54) is 18.4 Å². The summed E-state index contributed by atoms with van der Waals surface area (Å²) in [6.07, 6.45) is 6.41. The Morgan fingerprint density at radius 2 is 1.81 bits per heavy atom. The quantitative estimate of drug-likeness (QED) is 0.839. The highest BCUT2D eigenvalue weighted by molar-refractivity contribution is 5.14. The minimum Gasteiger partial charge on any atom is -0.307 e. The molecule has 0 saturated heterocycles. The van der Waals surface area contributed by atoms with Gasteiger partial charge in [-0.3, -0.25) is 4.98 Å². The summed E-state index contributed by atoms with van der Waals surface area (Å²) in [7, 11) is 0. The minimum absolute atomic E-state index is 0.445. The van der Waals surface area contributed by atoms with Gasteiger partial charge in [0.25, 0.3) is 0 Å². The number of hydrogen-bond acceptors (Lipinski definition) is 2. The lowest BCUT2D eigenvalue weighted by atomic mass is 9.73. The van der Waals surface area contributed by atoms with Gasteiger partial charge in [-0.2, -0.15) is 0 Å². The molecule has 1 atom stereocenters. The van der Waals surface area contributed by atoms with Crippen LogP contribution in [0.4, 0.5) is 0 Å². The second-order valence-electron chi connectivity index (χ2n) is 5.34. The number of pyridine rings is 1. The summed E-state index contributed by atoms with van der Waals surface area (Å²) in [5, 5.41) is 3.69. The van der Waals surface area contributed by atoms with E-state index >= 15 is 0 Å². The zero-order chi connectivity index (χ0) is 11.5. The molecule has 88 valence electrons. The Kier molecular flexibility index (Phi) is 3.59. The van der Waals surface area contributed by atoms with Crippen LogP contribution in [0.15, 0.2) is 24.5 Å². The van der Waals surface area contributed by atoms with Crippen LogP contribution < -0.4 is 5.32 Å². The van der Waals surface area contributed by atoms with Crippen molar-refractivity contribution in [2.24, 2.45) is 11.8 Å². The van der Waals surface area contributed by atoms with E-state index in [0.29, 0.717) is 6.04 Å². The molecular weight excluding hydrogens is 196 g/mol. The molecule has 0 radical (unpaired) electrons. The standard InChI is InChI=1S/C14H22N2/c1-10(2)13-8-14(9-13)16-11(3)12-4-6-15-7-5-12/h4-7,10-11,13-14,16H,8-9H2,1-3H3/t11-,13?,14?/m0/s1. The average Bonchev–Trinajstić information content (AvgIpc) is 2.23. The number of rotatable bonds is 4. The van der Waals surface area contributed by atoms with E-state index in [-0.39, 0.29) is 0 Å². The van der Waals surface area contributed by atoms with Gasteiger partial charge in [-0.1, -0.05) is 13.8 Å². The smallest absolute Gasteiger partial charge is 0.0295 e. The monoisotopic (exact) mass is 218 g/mol. The molecule has 0 spiro atoms. The van der Waals surface area contributed by atoms with Gasteiger partial charge in [-0.25, -0.2) is 0 Å². The molecule has 0 bridgehead atoms. The molecule has 1 N–H and O–H groups in total. The molecule has 1 fully saturated rings. The van der Waals surface area contributed by atoms with Gasteiger partial charge in [-0.15, -0.1) is 0 Å². The Bertz CT molecular complexity index is 315. The number of aromatic nitrogens is 1. The SMILES string of the molecule is CC(C)C1CC(N[C@@H](C)c2ccncc2)C1. The van der Waals surface area contributed by atoms with E-state index < -0.39 is 0 Å². The lowest BCUT2D eigenvalue weighted by Crippen LogP contribution is -2.43. The summed E-state index contributed by atoms with van der Waals surface area (Å²) in [4.78, 5) is 4.05. The number of hydrogen-bond donors (Lipinski definition) is 1. The van der Waals surface area contributed by atoms with Crippen molar-refractivity contribution in [2.45, 2.75) is 45.7 Å². The maximum absolute atomic E-state index is 4.05. The molecule has 0 amide bonds. The summed E-state index contributed by atoms with van der Waals surface area (Å²) in [6, 6.07) is 5.35. The van der Waals surface area contributed by atoms with Gasteiger partial charge in [-0.05, 0) is 49.3 Å². The van der Waals surface area contributed by atoms with Crippen LogP contribution >= 0.6 is 0 Å². The highest BCUT2D eigenvalue weighted by atomic mass is 15.0. The van der Waals surface area contributed by atoms with Crippen molar-refractivity contribution in [2.75, 3.05) is 0 Å². The lowest BCUT2D eigenvalue weighted by Gasteiger charge is -2.40. The van der Waals surface area contributed by atoms with E-state index in [9.17, 15) is 0 Å². The molecule has 1 saturated carbocycles. The fourth-order valence-corrected chi connectivity index (χ4v) is 2.44. The molecule has 0 unspecified atom stereocenters. The summed E-state index contributed by atoms with van der Waals surface area (Å²) in [6.45, 7) is 6.89. The number of nitrogens with zero attached hydrogens (tertiary/aromatic N) is 1. The Morgan fingerprint density at radius 3 is 2.38 bits per heavy atom. The average molecular weight is 218 g/mol. The molecule has 2 nitrogen and oxygen atoms in total. The topological polar surface area (TPSA) is 24.9 Å². The fourth-order valence-electron chi connectivity index (χ4n) is 2.44. The van der Waals surface area contributed by atoms with Crippen LogP contribution in [0, 0.1) is 11.8 Å². The minimum atomic E-state index is 0.445. The van der Waals surface area contributed by atoms with Crippen LogP contribution in [0.3, 0.4) is 0 Å². The highest BCUT2D eigenvalue weighted by Crippen LogP contribution is 2.34. The largest absolute Gasteiger partial charge is 0.307 e. The van der Waals surface area contributed by atoms with Gasteiger partial charge in [0.1, 0.15) is 0 Å². The molecule has 1 aromatic rings. The van der Waals surface area contributed by atoms with Crippen LogP contribution in [-0.4, -0.2) is 11.0 Å². The zero-order valence-corrected chi connectivity index (χ0v) is 10.5. The van der Waals surface area contributed by atoms with E-state index in [0.717, 1.165) is 17.9 Å². The van der Waals surface area contributed by atoms with E-state index in [4.69, 9.17) is 0 Å². The molecule has 16 heavy (non-hydrogen) atoms. The van der Waals surface area contributed by atoms with Crippen molar-refractivity contribution in [3.8, 4) is 0 Å². The zero-order valence-electron chi connectivity index (χ0n) is 10.5. The second-order valence-corrected chi connectivity index (χ2v) is 5.34. The summed E-state index contributed by atoms with van der Waals surface area (Å²) < 4.78 is 0. The van der Waals surface area contributed by atoms with Crippen LogP contribution in [0.25, 0.3) is 0 Å². The first kappa shape index (κ1) is 11.6. The molecule has 1 aromatic heterocycles. The normalized spacial score (nSPS) is 26.5. The van der Waals surface area contributed by atoms with E-state index in [2.05, 4.69) is 43.2 Å². The van der Waals surface area contributed by atoms with Gasteiger partial charge >= 0.3 is 0 Å². The molecule has 1 aliphatic carbocycles. The predicted molar refractivity (Wildman–Crippen MR) is 67.1 cm³/mol. The first-order chi connectivity index (χ1) is 7.66. The van der Waals surface area contributed by atoms with Gasteiger partial charge in [0.15, 0.2) is 0 Å². The molecule has 0 aromatic carbocycles. The summed E-state index contributed by atoms with van der Waals surface area (Å²) >= 11 is 0. The Morgan fingerprint density at radius 1 is 1.19 bits per heavy atom. The fraction of sp³-hybridized carbons (Fsp3) is 0.643.